The molecular formula is C19H18N4O3. The summed E-state index contributed by atoms with van der Waals surface area (Å²) in [5.74, 6) is 0.529. The van der Waals surface area contributed by atoms with Crippen LogP contribution in [-0.2, 0) is 11.2 Å². The molecule has 1 fully saturated rings. The number of carbonyl (C=O) groups excluding carboxylic acids is 1. The lowest BCUT2D eigenvalue weighted by Crippen LogP contribution is -2.31. The number of rotatable bonds is 3. The third-order valence-corrected chi connectivity index (χ3v) is 4.83. The highest BCUT2D eigenvalue weighted by Gasteiger charge is 2.22. The molecule has 2 N–H and O–H groups in total. The maximum Gasteiger partial charge on any atom is 0.253 e. The number of ether oxygens (including phenoxy) is 2. The van der Waals surface area contributed by atoms with E-state index in [9.17, 15) is 4.79 Å². The Labute approximate surface area is 149 Å². The Bertz CT molecular complexity index is 992. The molecule has 1 saturated heterocycles. The number of carbonyl (C=O) groups is 1. The molecule has 0 spiro atoms. The molecule has 1 atom stereocenters. The average molecular weight is 350 g/mol. The number of nitrogens with one attached hydrogen (secondary N) is 2. The molecule has 3 aromatic rings. The lowest BCUT2D eigenvalue weighted by atomic mass is 10.1. The Balaban J connectivity index is 1.57. The fraction of sp³-hybridized carbons (Fsp3) is 0.316. The number of amides is 1. The summed E-state index contributed by atoms with van der Waals surface area (Å²) in [6.07, 6.45) is 3.47. The third kappa shape index (κ3) is 2.61. The van der Waals surface area contributed by atoms with E-state index in [-0.39, 0.29) is 12.0 Å². The average Bonchev–Trinajstić information content (AvgIpc) is 3.31. The smallest absolute Gasteiger partial charge is 0.253 e. The molecule has 3 aromatic heterocycles. The van der Waals surface area contributed by atoms with Gasteiger partial charge in [0.2, 0.25) is 5.88 Å². The monoisotopic (exact) mass is 350 g/mol. The molecule has 2 aliphatic heterocycles. The van der Waals surface area contributed by atoms with Crippen LogP contribution in [0.3, 0.4) is 0 Å². The molecule has 0 saturated carbocycles. The molecular weight excluding hydrogens is 332 g/mol. The highest BCUT2D eigenvalue weighted by Crippen LogP contribution is 2.30. The molecule has 5 rings (SSSR count). The first-order valence-electron chi connectivity index (χ1n) is 8.78. The van der Waals surface area contributed by atoms with Crippen LogP contribution >= 0.6 is 0 Å². The van der Waals surface area contributed by atoms with Crippen LogP contribution in [0.1, 0.15) is 22.5 Å². The third-order valence-electron chi connectivity index (χ3n) is 4.83. The SMILES string of the molecule is O=C1NCCc2[nH]c(-c3ccnc4ccc(O[C@H]5CCOC5)nc34)cc21. The number of hydrogen-bond acceptors (Lipinski definition) is 5. The number of H-pyrrole nitrogens is 1. The normalized spacial score (nSPS) is 19.4. The van der Waals surface area contributed by atoms with Gasteiger partial charge in [-0.05, 0) is 18.2 Å². The van der Waals surface area contributed by atoms with Crippen LogP contribution in [0.25, 0.3) is 22.3 Å². The van der Waals surface area contributed by atoms with Gasteiger partial charge >= 0.3 is 0 Å². The number of aromatic amines is 1. The van der Waals surface area contributed by atoms with Crippen molar-refractivity contribution in [2.45, 2.75) is 18.9 Å². The van der Waals surface area contributed by atoms with Crippen molar-refractivity contribution < 1.29 is 14.3 Å². The number of aromatic nitrogens is 3. The topological polar surface area (TPSA) is 89.1 Å². The summed E-state index contributed by atoms with van der Waals surface area (Å²) in [4.78, 5) is 24.5. The fourth-order valence-electron chi connectivity index (χ4n) is 3.51. The van der Waals surface area contributed by atoms with E-state index in [4.69, 9.17) is 9.47 Å². The van der Waals surface area contributed by atoms with E-state index in [0.717, 1.165) is 47.4 Å². The zero-order valence-corrected chi connectivity index (χ0v) is 14.1. The lowest BCUT2D eigenvalue weighted by molar-refractivity contribution is 0.0946. The Morgan fingerprint density at radius 3 is 3.04 bits per heavy atom. The summed E-state index contributed by atoms with van der Waals surface area (Å²) in [6, 6.07) is 7.54. The quantitative estimate of drug-likeness (QED) is 0.755. The molecule has 0 aliphatic carbocycles. The predicted molar refractivity (Wildman–Crippen MR) is 95.2 cm³/mol. The predicted octanol–water partition coefficient (Wildman–Crippen LogP) is 2.08. The van der Waals surface area contributed by atoms with Gasteiger partial charge in [0.1, 0.15) is 11.6 Å². The fourth-order valence-corrected chi connectivity index (χ4v) is 3.51. The number of fused-ring (bicyclic) bond motifs is 2. The van der Waals surface area contributed by atoms with Crippen molar-refractivity contribution in [1.29, 1.82) is 0 Å². The van der Waals surface area contributed by atoms with E-state index in [1.807, 2.05) is 24.3 Å². The van der Waals surface area contributed by atoms with E-state index in [1.54, 1.807) is 6.20 Å². The largest absolute Gasteiger partial charge is 0.472 e. The molecule has 0 unspecified atom stereocenters. The van der Waals surface area contributed by atoms with Crippen LogP contribution in [0.5, 0.6) is 5.88 Å². The van der Waals surface area contributed by atoms with Gasteiger partial charge in [-0.2, -0.15) is 0 Å². The molecule has 7 nitrogen and oxygen atoms in total. The zero-order chi connectivity index (χ0) is 17.5. The van der Waals surface area contributed by atoms with Crippen molar-refractivity contribution in [2.75, 3.05) is 19.8 Å². The summed E-state index contributed by atoms with van der Waals surface area (Å²) in [5, 5.41) is 2.87. The molecule has 0 bridgehead atoms. The highest BCUT2D eigenvalue weighted by molar-refractivity contribution is 5.99. The first kappa shape index (κ1) is 15.3. The maximum absolute atomic E-state index is 12.1. The van der Waals surface area contributed by atoms with Crippen molar-refractivity contribution in [2.24, 2.45) is 0 Å². The molecule has 0 radical (unpaired) electrons. The number of hydrogen-bond donors (Lipinski definition) is 2. The molecule has 2 aliphatic rings. The van der Waals surface area contributed by atoms with Crippen molar-refractivity contribution in [3.05, 3.63) is 41.7 Å². The Morgan fingerprint density at radius 2 is 2.19 bits per heavy atom. The second kappa shape index (κ2) is 6.10. The van der Waals surface area contributed by atoms with Gasteiger partial charge in [0.25, 0.3) is 5.91 Å². The molecule has 7 heteroatoms. The van der Waals surface area contributed by atoms with E-state index in [0.29, 0.717) is 24.6 Å². The minimum atomic E-state index is -0.0367. The van der Waals surface area contributed by atoms with E-state index < -0.39 is 0 Å². The highest BCUT2D eigenvalue weighted by atomic mass is 16.5. The van der Waals surface area contributed by atoms with Crippen LogP contribution in [0.4, 0.5) is 0 Å². The van der Waals surface area contributed by atoms with Gasteiger partial charge in [0.05, 0.1) is 24.3 Å². The van der Waals surface area contributed by atoms with E-state index in [2.05, 4.69) is 20.3 Å². The van der Waals surface area contributed by atoms with Gasteiger partial charge < -0.3 is 19.8 Å². The lowest BCUT2D eigenvalue weighted by Gasteiger charge is -2.12. The molecule has 1 amide bonds. The van der Waals surface area contributed by atoms with Gasteiger partial charge in [-0.3, -0.25) is 9.78 Å². The van der Waals surface area contributed by atoms with Crippen molar-refractivity contribution in [3.63, 3.8) is 0 Å². The van der Waals surface area contributed by atoms with Gasteiger partial charge in [-0.1, -0.05) is 0 Å². The Kier molecular flexibility index (Phi) is 3.60. The number of pyridine rings is 2. The van der Waals surface area contributed by atoms with E-state index in [1.165, 1.54) is 0 Å². The van der Waals surface area contributed by atoms with Gasteiger partial charge in [0.15, 0.2) is 0 Å². The minimum Gasteiger partial charge on any atom is -0.472 e. The first-order valence-corrected chi connectivity index (χ1v) is 8.78. The molecule has 26 heavy (non-hydrogen) atoms. The summed E-state index contributed by atoms with van der Waals surface area (Å²) >= 11 is 0. The van der Waals surface area contributed by atoms with Crippen LogP contribution in [0.15, 0.2) is 30.5 Å². The minimum absolute atomic E-state index is 0.0367. The summed E-state index contributed by atoms with van der Waals surface area (Å²) in [7, 11) is 0. The Hall–Kier alpha value is -2.93. The molecule has 0 aromatic carbocycles. The zero-order valence-electron chi connectivity index (χ0n) is 14.1. The summed E-state index contributed by atoms with van der Waals surface area (Å²) in [5.41, 5.74) is 4.98. The van der Waals surface area contributed by atoms with Crippen molar-refractivity contribution >= 4 is 16.9 Å². The second-order valence-electron chi connectivity index (χ2n) is 6.56. The van der Waals surface area contributed by atoms with Gasteiger partial charge in [0, 0.05) is 48.6 Å². The first-order chi connectivity index (χ1) is 12.8. The van der Waals surface area contributed by atoms with Crippen molar-refractivity contribution in [1.82, 2.24) is 20.3 Å². The van der Waals surface area contributed by atoms with Gasteiger partial charge in [-0.15, -0.1) is 0 Å². The number of nitrogens with zero attached hydrogens (tertiary/aromatic N) is 2. The maximum atomic E-state index is 12.1. The molecule has 132 valence electrons. The summed E-state index contributed by atoms with van der Waals surface area (Å²) in [6.45, 7) is 1.97. The summed E-state index contributed by atoms with van der Waals surface area (Å²) < 4.78 is 11.3. The standard InChI is InChI=1S/C19H18N4O3/c24-19-13-9-16(22-14(13)4-7-21-19)12-3-6-20-15-1-2-17(23-18(12)15)26-11-5-8-25-10-11/h1-3,6,9,11,22H,4-5,7-8,10H2,(H,21,24)/t11-/m0/s1. The molecule has 5 heterocycles. The van der Waals surface area contributed by atoms with Gasteiger partial charge in [-0.25, -0.2) is 4.98 Å². The van der Waals surface area contributed by atoms with Crippen LogP contribution in [-0.4, -0.2) is 46.7 Å². The van der Waals surface area contributed by atoms with E-state index >= 15 is 0 Å². The van der Waals surface area contributed by atoms with Crippen molar-refractivity contribution in [3.8, 4) is 17.1 Å². The van der Waals surface area contributed by atoms with Crippen LogP contribution in [0.2, 0.25) is 0 Å². The Morgan fingerprint density at radius 1 is 1.23 bits per heavy atom. The van der Waals surface area contributed by atoms with Crippen LogP contribution < -0.4 is 10.1 Å². The second-order valence-corrected chi connectivity index (χ2v) is 6.56. The van der Waals surface area contributed by atoms with Crippen LogP contribution in [0, 0.1) is 0 Å².